The van der Waals surface area contributed by atoms with Crippen LogP contribution in [0.1, 0.15) is 48.1 Å². The lowest BCUT2D eigenvalue weighted by molar-refractivity contribution is -0.123. The summed E-state index contributed by atoms with van der Waals surface area (Å²) in [7, 11) is 0. The molecule has 1 N–H and O–H groups in total. The van der Waals surface area contributed by atoms with Crippen LogP contribution in [0.2, 0.25) is 0 Å². The first kappa shape index (κ1) is 16.6. The highest BCUT2D eigenvalue weighted by Crippen LogP contribution is 2.25. The molecule has 0 saturated carbocycles. The molecule has 3 nitrogen and oxygen atoms in total. The minimum absolute atomic E-state index is 0.0229. The van der Waals surface area contributed by atoms with Crippen LogP contribution in [-0.2, 0) is 17.6 Å². The number of aryl methyl sites for hydroxylation is 3. The molecule has 0 aromatic heterocycles. The third kappa shape index (κ3) is 4.16. The van der Waals surface area contributed by atoms with E-state index in [0.29, 0.717) is 0 Å². The van der Waals surface area contributed by atoms with Gasteiger partial charge in [0.05, 0.1) is 6.04 Å². The Morgan fingerprint density at radius 2 is 1.79 bits per heavy atom. The monoisotopic (exact) mass is 323 g/mol. The summed E-state index contributed by atoms with van der Waals surface area (Å²) in [6.07, 6.45) is 4.78. The van der Waals surface area contributed by atoms with Gasteiger partial charge in [-0.3, -0.25) is 4.79 Å². The SMILES string of the molecule is Cc1ccc(C(C)NC(=O)COc2ccc3c(c2)CCCC3)cc1. The molecule has 3 rings (SSSR count). The number of benzene rings is 2. The molecule has 0 radical (unpaired) electrons. The Bertz CT molecular complexity index is 706. The Kier molecular flexibility index (Phi) is 5.19. The smallest absolute Gasteiger partial charge is 0.258 e. The first-order chi connectivity index (χ1) is 11.6. The number of carbonyl (C=O) groups is 1. The summed E-state index contributed by atoms with van der Waals surface area (Å²) in [6.45, 7) is 4.09. The van der Waals surface area contributed by atoms with Gasteiger partial charge in [-0.15, -0.1) is 0 Å². The fourth-order valence-corrected chi connectivity index (χ4v) is 3.17. The maximum Gasteiger partial charge on any atom is 0.258 e. The minimum Gasteiger partial charge on any atom is -0.484 e. The van der Waals surface area contributed by atoms with E-state index in [1.807, 2.05) is 25.1 Å². The molecule has 0 aliphatic heterocycles. The lowest BCUT2D eigenvalue weighted by Gasteiger charge is -2.17. The van der Waals surface area contributed by atoms with Gasteiger partial charge in [-0.2, -0.15) is 0 Å². The topological polar surface area (TPSA) is 38.3 Å². The average molecular weight is 323 g/mol. The van der Waals surface area contributed by atoms with Crippen molar-refractivity contribution in [3.63, 3.8) is 0 Å². The van der Waals surface area contributed by atoms with Crippen LogP contribution in [0.15, 0.2) is 42.5 Å². The summed E-state index contributed by atoms with van der Waals surface area (Å²) in [5.74, 6) is 0.689. The molecular formula is C21H25NO2. The number of rotatable bonds is 5. The zero-order valence-corrected chi connectivity index (χ0v) is 14.5. The van der Waals surface area contributed by atoms with E-state index in [-0.39, 0.29) is 18.6 Å². The van der Waals surface area contributed by atoms with Crippen molar-refractivity contribution in [3.8, 4) is 5.75 Å². The molecule has 0 saturated heterocycles. The lowest BCUT2D eigenvalue weighted by atomic mass is 9.92. The van der Waals surface area contributed by atoms with Crippen LogP contribution in [0.25, 0.3) is 0 Å². The number of hydrogen-bond acceptors (Lipinski definition) is 2. The normalized spacial score (nSPS) is 14.6. The third-order valence-corrected chi connectivity index (χ3v) is 4.64. The van der Waals surface area contributed by atoms with Crippen molar-refractivity contribution in [2.24, 2.45) is 0 Å². The van der Waals surface area contributed by atoms with Gasteiger partial charge in [0.15, 0.2) is 6.61 Å². The molecule has 1 unspecified atom stereocenters. The predicted octanol–water partition coefficient (Wildman–Crippen LogP) is 4.13. The Morgan fingerprint density at radius 1 is 1.08 bits per heavy atom. The van der Waals surface area contributed by atoms with Gasteiger partial charge in [-0.1, -0.05) is 35.9 Å². The highest BCUT2D eigenvalue weighted by molar-refractivity contribution is 5.78. The van der Waals surface area contributed by atoms with Gasteiger partial charge >= 0.3 is 0 Å². The number of fused-ring (bicyclic) bond motifs is 1. The van der Waals surface area contributed by atoms with Crippen molar-refractivity contribution in [1.29, 1.82) is 0 Å². The molecule has 0 bridgehead atoms. The van der Waals surface area contributed by atoms with Crippen molar-refractivity contribution < 1.29 is 9.53 Å². The fraction of sp³-hybridized carbons (Fsp3) is 0.381. The molecule has 126 valence electrons. The zero-order chi connectivity index (χ0) is 16.9. The maximum atomic E-state index is 12.1. The summed E-state index contributed by atoms with van der Waals surface area (Å²) in [6, 6.07) is 14.4. The second kappa shape index (κ2) is 7.52. The Hall–Kier alpha value is -2.29. The average Bonchev–Trinajstić information content (AvgIpc) is 2.60. The number of amides is 1. The molecule has 0 heterocycles. The standard InChI is InChI=1S/C21H25NO2/c1-15-7-9-17(10-8-15)16(2)22-21(23)14-24-20-12-11-18-5-3-4-6-19(18)13-20/h7-13,16H,3-6,14H2,1-2H3,(H,22,23). The molecule has 0 fully saturated rings. The van der Waals surface area contributed by atoms with E-state index >= 15 is 0 Å². The molecule has 2 aromatic carbocycles. The van der Waals surface area contributed by atoms with E-state index in [4.69, 9.17) is 4.74 Å². The van der Waals surface area contributed by atoms with Crippen LogP contribution >= 0.6 is 0 Å². The molecular weight excluding hydrogens is 298 g/mol. The van der Waals surface area contributed by atoms with Crippen LogP contribution in [-0.4, -0.2) is 12.5 Å². The number of carbonyl (C=O) groups excluding carboxylic acids is 1. The second-order valence-electron chi connectivity index (χ2n) is 6.63. The third-order valence-electron chi connectivity index (χ3n) is 4.64. The van der Waals surface area contributed by atoms with Crippen molar-refractivity contribution in [2.45, 2.75) is 45.6 Å². The molecule has 2 aromatic rings. The van der Waals surface area contributed by atoms with Crippen LogP contribution in [0.3, 0.4) is 0 Å². The molecule has 24 heavy (non-hydrogen) atoms. The van der Waals surface area contributed by atoms with E-state index in [2.05, 4.69) is 36.5 Å². The summed E-state index contributed by atoms with van der Waals surface area (Å²) < 4.78 is 5.68. The second-order valence-corrected chi connectivity index (χ2v) is 6.63. The van der Waals surface area contributed by atoms with Crippen molar-refractivity contribution >= 4 is 5.91 Å². The molecule has 1 atom stereocenters. The summed E-state index contributed by atoms with van der Waals surface area (Å²) >= 11 is 0. The van der Waals surface area contributed by atoms with E-state index in [9.17, 15) is 4.79 Å². The number of hydrogen-bond donors (Lipinski definition) is 1. The lowest BCUT2D eigenvalue weighted by Crippen LogP contribution is -2.31. The minimum atomic E-state index is -0.0965. The molecule has 1 amide bonds. The number of ether oxygens (including phenoxy) is 1. The first-order valence-corrected chi connectivity index (χ1v) is 8.72. The Balaban J connectivity index is 1.52. The molecule has 3 heteroatoms. The summed E-state index contributed by atoms with van der Waals surface area (Å²) in [5.41, 5.74) is 5.11. The van der Waals surface area contributed by atoms with Gasteiger partial charge < -0.3 is 10.1 Å². The molecule has 1 aliphatic carbocycles. The van der Waals surface area contributed by atoms with Gasteiger partial charge in [0, 0.05) is 0 Å². The quantitative estimate of drug-likeness (QED) is 0.898. The molecule has 0 spiro atoms. The van der Waals surface area contributed by atoms with Gasteiger partial charge in [0.25, 0.3) is 5.91 Å². The maximum absolute atomic E-state index is 12.1. The van der Waals surface area contributed by atoms with Crippen molar-refractivity contribution in [1.82, 2.24) is 5.32 Å². The van der Waals surface area contributed by atoms with Gasteiger partial charge in [-0.25, -0.2) is 0 Å². The van der Waals surface area contributed by atoms with Crippen LogP contribution < -0.4 is 10.1 Å². The van der Waals surface area contributed by atoms with E-state index in [1.165, 1.54) is 29.5 Å². The van der Waals surface area contributed by atoms with E-state index in [0.717, 1.165) is 24.2 Å². The van der Waals surface area contributed by atoms with Gasteiger partial charge in [-0.05, 0) is 68.4 Å². The zero-order valence-electron chi connectivity index (χ0n) is 14.5. The number of nitrogens with one attached hydrogen (secondary N) is 1. The van der Waals surface area contributed by atoms with E-state index in [1.54, 1.807) is 0 Å². The van der Waals surface area contributed by atoms with Gasteiger partial charge in [0.1, 0.15) is 5.75 Å². The van der Waals surface area contributed by atoms with Crippen molar-refractivity contribution in [3.05, 3.63) is 64.7 Å². The predicted molar refractivity (Wildman–Crippen MR) is 96.3 cm³/mol. The highest BCUT2D eigenvalue weighted by atomic mass is 16.5. The highest BCUT2D eigenvalue weighted by Gasteiger charge is 2.12. The van der Waals surface area contributed by atoms with Crippen LogP contribution in [0.4, 0.5) is 0 Å². The summed E-state index contributed by atoms with van der Waals surface area (Å²) in [5, 5.41) is 2.98. The fourth-order valence-electron chi connectivity index (χ4n) is 3.17. The van der Waals surface area contributed by atoms with E-state index < -0.39 is 0 Å². The first-order valence-electron chi connectivity index (χ1n) is 8.72. The van der Waals surface area contributed by atoms with Crippen LogP contribution in [0, 0.1) is 6.92 Å². The molecule has 1 aliphatic rings. The van der Waals surface area contributed by atoms with Gasteiger partial charge in [0.2, 0.25) is 0 Å². The summed E-state index contributed by atoms with van der Waals surface area (Å²) in [4.78, 5) is 12.1. The van der Waals surface area contributed by atoms with Crippen molar-refractivity contribution in [2.75, 3.05) is 6.61 Å². The van der Waals surface area contributed by atoms with Crippen LogP contribution in [0.5, 0.6) is 5.75 Å². The largest absolute Gasteiger partial charge is 0.484 e. The Labute approximate surface area is 144 Å². The Morgan fingerprint density at radius 3 is 2.54 bits per heavy atom.